The molecule has 180 valence electrons. The molecule has 0 amide bonds. The van der Waals surface area contributed by atoms with Crippen LogP contribution in [0.25, 0.3) is 10.6 Å². The van der Waals surface area contributed by atoms with Gasteiger partial charge in [-0.25, -0.2) is 19.9 Å². The Morgan fingerprint density at radius 1 is 0.971 bits per heavy atom. The van der Waals surface area contributed by atoms with Crippen LogP contribution < -0.4 is 10.1 Å². The first-order valence-electron chi connectivity index (χ1n) is 12.2. The van der Waals surface area contributed by atoms with Gasteiger partial charge in [-0.05, 0) is 38.3 Å². The number of hydrogen-bond acceptors (Lipinski definition) is 10. The largest absolute Gasteiger partial charge is 0.460 e. The first kappa shape index (κ1) is 23.1. The molecule has 4 heterocycles. The Balaban J connectivity index is 1.16. The molecule has 1 aliphatic carbocycles. The van der Waals surface area contributed by atoms with Gasteiger partial charge in [0.1, 0.15) is 6.10 Å². The molecular weight excluding hydrogens is 448 g/mol. The average Bonchev–Trinajstić information content (AvgIpc) is 3.35. The number of nitrogens with zero attached hydrogens (tertiary/aromatic N) is 7. The van der Waals surface area contributed by atoms with Crippen molar-refractivity contribution in [1.82, 2.24) is 34.7 Å². The molecule has 2 fully saturated rings. The zero-order valence-corrected chi connectivity index (χ0v) is 20.5. The summed E-state index contributed by atoms with van der Waals surface area (Å²) in [5.41, 5.74) is 1.94. The van der Waals surface area contributed by atoms with Crippen LogP contribution in [0.4, 0.5) is 11.1 Å². The molecule has 3 aromatic rings. The Kier molecular flexibility index (Phi) is 7.57. The Morgan fingerprint density at radius 2 is 1.74 bits per heavy atom. The highest BCUT2D eigenvalue weighted by atomic mass is 32.1. The van der Waals surface area contributed by atoms with Crippen LogP contribution in [-0.2, 0) is 6.54 Å². The van der Waals surface area contributed by atoms with E-state index in [1.54, 1.807) is 6.20 Å². The average molecular weight is 481 g/mol. The molecule has 1 aliphatic heterocycles. The van der Waals surface area contributed by atoms with Crippen LogP contribution in [0.3, 0.4) is 0 Å². The number of ether oxygens (including phenoxy) is 1. The number of aromatic nitrogens is 5. The number of likely N-dealkylation sites (N-methyl/N-ethyl adjacent to an activating group) is 1. The third-order valence-corrected chi connectivity index (χ3v) is 7.39. The predicted octanol–water partition coefficient (Wildman–Crippen LogP) is 3.98. The topological polar surface area (TPSA) is 92.2 Å². The highest BCUT2D eigenvalue weighted by Gasteiger charge is 2.18. The van der Waals surface area contributed by atoms with Crippen molar-refractivity contribution < 1.29 is 4.74 Å². The molecular formula is C24H32N8OS. The van der Waals surface area contributed by atoms with E-state index >= 15 is 0 Å². The highest BCUT2D eigenvalue weighted by Crippen LogP contribution is 2.30. The second kappa shape index (κ2) is 11.2. The number of hydrogen-bond donors (Lipinski definition) is 1. The number of piperazine rings is 1. The van der Waals surface area contributed by atoms with E-state index in [1.165, 1.54) is 30.6 Å². The van der Waals surface area contributed by atoms with Crippen molar-refractivity contribution in [2.24, 2.45) is 0 Å². The molecule has 2 aliphatic rings. The minimum atomic E-state index is 0.226. The third-order valence-electron chi connectivity index (χ3n) is 6.46. The highest BCUT2D eigenvalue weighted by molar-refractivity contribution is 7.18. The van der Waals surface area contributed by atoms with E-state index in [2.05, 4.69) is 47.0 Å². The predicted molar refractivity (Wildman–Crippen MR) is 133 cm³/mol. The van der Waals surface area contributed by atoms with Crippen LogP contribution in [0.15, 0.2) is 30.9 Å². The van der Waals surface area contributed by atoms with Crippen LogP contribution in [0, 0.1) is 0 Å². The third kappa shape index (κ3) is 6.05. The Hall–Kier alpha value is -2.69. The summed E-state index contributed by atoms with van der Waals surface area (Å²) in [6.07, 6.45) is 13.5. The molecule has 9 nitrogen and oxygen atoms in total. The van der Waals surface area contributed by atoms with Gasteiger partial charge in [-0.1, -0.05) is 24.7 Å². The van der Waals surface area contributed by atoms with Crippen LogP contribution in [0.2, 0.25) is 0 Å². The first-order valence-corrected chi connectivity index (χ1v) is 13.1. The van der Waals surface area contributed by atoms with Crippen molar-refractivity contribution >= 4 is 22.4 Å². The summed E-state index contributed by atoms with van der Waals surface area (Å²) in [4.78, 5) is 28.3. The molecule has 5 rings (SSSR count). The van der Waals surface area contributed by atoms with Gasteiger partial charge < -0.3 is 15.0 Å². The lowest BCUT2D eigenvalue weighted by Gasteiger charge is -2.33. The fourth-order valence-corrected chi connectivity index (χ4v) is 5.22. The van der Waals surface area contributed by atoms with Gasteiger partial charge in [0.25, 0.3) is 0 Å². The lowest BCUT2D eigenvalue weighted by molar-refractivity contribution is 0.132. The van der Waals surface area contributed by atoms with Crippen molar-refractivity contribution in [2.45, 2.75) is 51.7 Å². The number of anilines is 2. The smallest absolute Gasteiger partial charge is 0.317 e. The van der Waals surface area contributed by atoms with Crippen LogP contribution in [-0.4, -0.2) is 73.5 Å². The van der Waals surface area contributed by atoms with Gasteiger partial charge in [0, 0.05) is 63.1 Å². The molecule has 0 bridgehead atoms. The van der Waals surface area contributed by atoms with Gasteiger partial charge in [-0.3, -0.25) is 4.90 Å². The summed E-state index contributed by atoms with van der Waals surface area (Å²) in [6, 6.07) is 2.33. The lowest BCUT2D eigenvalue weighted by Crippen LogP contribution is -2.45. The maximum atomic E-state index is 6.02. The van der Waals surface area contributed by atoms with Crippen molar-refractivity contribution in [3.8, 4) is 16.6 Å². The van der Waals surface area contributed by atoms with Crippen LogP contribution >= 0.6 is 11.3 Å². The van der Waals surface area contributed by atoms with Gasteiger partial charge in [0.15, 0.2) is 5.13 Å². The van der Waals surface area contributed by atoms with Crippen LogP contribution in [0.5, 0.6) is 6.01 Å². The zero-order valence-electron chi connectivity index (χ0n) is 19.7. The van der Waals surface area contributed by atoms with E-state index in [0.717, 1.165) is 73.4 Å². The summed E-state index contributed by atoms with van der Waals surface area (Å²) in [6.45, 7) is 8.67. The summed E-state index contributed by atoms with van der Waals surface area (Å²) in [5.74, 6) is 0.546. The second-order valence-electron chi connectivity index (χ2n) is 8.88. The van der Waals surface area contributed by atoms with E-state index < -0.39 is 0 Å². The SMILES string of the molecule is CCN1CCN(Cc2cnc(Nc3ncc(-c4ccnc(OC5CCCCC5)n4)s3)nc2)CC1. The fraction of sp³-hybridized carbons (Fsp3) is 0.542. The number of rotatable bonds is 8. The number of nitrogens with one attached hydrogen (secondary N) is 1. The number of thiazole rings is 1. The Bertz CT molecular complexity index is 1050. The van der Waals surface area contributed by atoms with Gasteiger partial charge in [0.2, 0.25) is 5.95 Å². The van der Waals surface area contributed by atoms with Gasteiger partial charge in [-0.2, -0.15) is 4.98 Å². The minimum absolute atomic E-state index is 0.226. The summed E-state index contributed by atoms with van der Waals surface area (Å²) in [5, 5.41) is 3.94. The lowest BCUT2D eigenvalue weighted by atomic mass is 9.98. The zero-order chi connectivity index (χ0) is 23.2. The van der Waals surface area contributed by atoms with E-state index in [1.807, 2.05) is 24.7 Å². The van der Waals surface area contributed by atoms with E-state index in [-0.39, 0.29) is 6.10 Å². The molecule has 1 N–H and O–H groups in total. The molecule has 0 radical (unpaired) electrons. The second-order valence-corrected chi connectivity index (χ2v) is 9.91. The first-order chi connectivity index (χ1) is 16.7. The molecule has 3 aromatic heterocycles. The van der Waals surface area contributed by atoms with Crippen LogP contribution in [0.1, 0.15) is 44.6 Å². The van der Waals surface area contributed by atoms with E-state index in [4.69, 9.17) is 4.74 Å². The molecule has 1 saturated carbocycles. The summed E-state index contributed by atoms with van der Waals surface area (Å²) in [7, 11) is 0. The van der Waals surface area contributed by atoms with Gasteiger partial charge >= 0.3 is 6.01 Å². The molecule has 1 saturated heterocycles. The molecule has 0 spiro atoms. The standard InChI is InChI=1S/C24H32N8OS/c1-2-31-10-12-32(13-11-31)17-18-14-26-22(27-15-18)30-24-28-16-21(34-24)20-8-9-25-23(29-20)33-19-6-4-3-5-7-19/h8-9,14-16,19H,2-7,10-13,17H2,1H3,(H,26,27,28,30). The molecule has 0 atom stereocenters. The molecule has 0 aromatic carbocycles. The maximum absolute atomic E-state index is 6.02. The van der Waals surface area contributed by atoms with Crippen molar-refractivity contribution in [2.75, 3.05) is 38.0 Å². The molecule has 34 heavy (non-hydrogen) atoms. The van der Waals surface area contributed by atoms with Gasteiger partial charge in [0.05, 0.1) is 10.6 Å². The monoisotopic (exact) mass is 480 g/mol. The summed E-state index contributed by atoms with van der Waals surface area (Å²) >= 11 is 1.51. The van der Waals surface area contributed by atoms with Gasteiger partial charge in [-0.15, -0.1) is 0 Å². The van der Waals surface area contributed by atoms with Crippen molar-refractivity contribution in [3.63, 3.8) is 0 Å². The molecule has 0 unspecified atom stereocenters. The molecule has 10 heteroatoms. The van der Waals surface area contributed by atoms with Crippen molar-refractivity contribution in [1.29, 1.82) is 0 Å². The maximum Gasteiger partial charge on any atom is 0.317 e. The fourth-order valence-electron chi connectivity index (χ4n) is 4.44. The minimum Gasteiger partial charge on any atom is -0.460 e. The van der Waals surface area contributed by atoms with E-state index in [9.17, 15) is 0 Å². The van der Waals surface area contributed by atoms with E-state index in [0.29, 0.717) is 12.0 Å². The Morgan fingerprint density at radius 3 is 2.50 bits per heavy atom. The normalized spacial score (nSPS) is 18.1. The Labute approximate surface area is 204 Å². The van der Waals surface area contributed by atoms with Crippen molar-refractivity contribution in [3.05, 3.63) is 36.4 Å². The summed E-state index contributed by atoms with van der Waals surface area (Å²) < 4.78 is 6.02. The quantitative estimate of drug-likeness (QED) is 0.514.